The molecule has 1 fully saturated rings. The van der Waals surface area contributed by atoms with Crippen molar-refractivity contribution in [1.82, 2.24) is 5.32 Å². The Hall–Kier alpha value is -0.610. The average Bonchev–Trinajstić information content (AvgIpc) is 2.12. The van der Waals surface area contributed by atoms with E-state index in [9.17, 15) is 4.79 Å². The van der Waals surface area contributed by atoms with Gasteiger partial charge in [-0.25, -0.2) is 0 Å². The lowest BCUT2D eigenvalue weighted by Crippen LogP contribution is -2.43. The predicted octanol–water partition coefficient (Wildman–Crippen LogP) is 0.705. The van der Waals surface area contributed by atoms with E-state index in [0.29, 0.717) is 12.6 Å². The Morgan fingerprint density at radius 2 is 2.00 bits per heavy atom. The molecule has 2 unspecified atom stereocenters. The van der Waals surface area contributed by atoms with E-state index in [1.54, 1.807) is 0 Å². The molecule has 4 heteroatoms. The molecule has 1 rings (SSSR count). The molecule has 0 aromatic carbocycles. The minimum absolute atomic E-state index is 0.211. The summed E-state index contributed by atoms with van der Waals surface area (Å²) < 4.78 is 10.2. The largest absolute Gasteiger partial charge is 0.468 e. The van der Waals surface area contributed by atoms with Crippen LogP contribution < -0.4 is 5.32 Å². The molecule has 1 aliphatic rings. The quantitative estimate of drug-likeness (QED) is 0.683. The van der Waals surface area contributed by atoms with Crippen LogP contribution in [0.2, 0.25) is 0 Å². The number of nitrogens with one attached hydrogen (secondary N) is 1. The second kappa shape index (κ2) is 5.32. The summed E-state index contributed by atoms with van der Waals surface area (Å²) in [5.74, 6) is -0.211. The lowest BCUT2D eigenvalue weighted by molar-refractivity contribution is -0.140. The Morgan fingerprint density at radius 3 is 2.50 bits per heavy atom. The van der Waals surface area contributed by atoms with Gasteiger partial charge in [-0.15, -0.1) is 0 Å². The number of carbonyl (C=O) groups is 1. The maximum Gasteiger partial charge on any atom is 0.319 e. The van der Waals surface area contributed by atoms with E-state index in [-0.39, 0.29) is 18.2 Å². The average molecular weight is 201 g/mol. The van der Waals surface area contributed by atoms with Gasteiger partial charge in [0.2, 0.25) is 0 Å². The standard InChI is InChI=1S/C10H19NO3/c1-7-4-9(5-8(2)14-7)11-6-10(12)13-3/h7-9,11H,4-6H2,1-3H3. The highest BCUT2D eigenvalue weighted by Gasteiger charge is 2.24. The minimum Gasteiger partial charge on any atom is -0.468 e. The van der Waals surface area contributed by atoms with Crippen molar-refractivity contribution >= 4 is 5.97 Å². The molecule has 0 spiro atoms. The van der Waals surface area contributed by atoms with Crippen LogP contribution in [0.3, 0.4) is 0 Å². The van der Waals surface area contributed by atoms with Crippen LogP contribution in [0, 0.1) is 0 Å². The minimum atomic E-state index is -0.211. The number of ether oxygens (including phenoxy) is 2. The van der Waals surface area contributed by atoms with E-state index in [2.05, 4.69) is 23.9 Å². The van der Waals surface area contributed by atoms with Crippen molar-refractivity contribution in [2.75, 3.05) is 13.7 Å². The van der Waals surface area contributed by atoms with Crippen LogP contribution >= 0.6 is 0 Å². The van der Waals surface area contributed by atoms with Crippen LogP contribution in [0.25, 0.3) is 0 Å². The van der Waals surface area contributed by atoms with Crippen molar-refractivity contribution in [1.29, 1.82) is 0 Å². The van der Waals surface area contributed by atoms with Crippen molar-refractivity contribution in [3.8, 4) is 0 Å². The van der Waals surface area contributed by atoms with Crippen molar-refractivity contribution in [2.45, 2.75) is 44.9 Å². The summed E-state index contributed by atoms with van der Waals surface area (Å²) in [6, 6.07) is 0.368. The molecular weight excluding hydrogens is 182 g/mol. The molecule has 4 nitrogen and oxygen atoms in total. The third-order valence-electron chi connectivity index (χ3n) is 2.46. The van der Waals surface area contributed by atoms with Crippen molar-refractivity contribution in [3.05, 3.63) is 0 Å². The zero-order valence-corrected chi connectivity index (χ0v) is 9.08. The number of hydrogen-bond acceptors (Lipinski definition) is 4. The Balaban J connectivity index is 2.26. The van der Waals surface area contributed by atoms with E-state index in [4.69, 9.17) is 4.74 Å². The predicted molar refractivity (Wildman–Crippen MR) is 53.0 cm³/mol. The molecule has 0 aromatic rings. The molecule has 1 heterocycles. The van der Waals surface area contributed by atoms with Gasteiger partial charge in [0.05, 0.1) is 25.9 Å². The van der Waals surface area contributed by atoms with E-state index in [0.717, 1.165) is 12.8 Å². The van der Waals surface area contributed by atoms with Crippen LogP contribution in [-0.2, 0) is 14.3 Å². The second-order valence-electron chi connectivity index (χ2n) is 3.88. The SMILES string of the molecule is COC(=O)CNC1CC(C)OC(C)C1. The van der Waals surface area contributed by atoms with Gasteiger partial charge < -0.3 is 14.8 Å². The number of esters is 1. The molecule has 82 valence electrons. The zero-order chi connectivity index (χ0) is 10.6. The summed E-state index contributed by atoms with van der Waals surface area (Å²) in [7, 11) is 1.40. The van der Waals surface area contributed by atoms with Gasteiger partial charge in [-0.2, -0.15) is 0 Å². The number of rotatable bonds is 3. The fourth-order valence-electron chi connectivity index (χ4n) is 1.87. The molecular formula is C10H19NO3. The molecule has 0 saturated carbocycles. The zero-order valence-electron chi connectivity index (χ0n) is 9.08. The lowest BCUT2D eigenvalue weighted by Gasteiger charge is -2.32. The highest BCUT2D eigenvalue weighted by Crippen LogP contribution is 2.18. The van der Waals surface area contributed by atoms with Crippen molar-refractivity contribution in [2.24, 2.45) is 0 Å². The summed E-state index contributed by atoms with van der Waals surface area (Å²) in [6.07, 6.45) is 2.46. The van der Waals surface area contributed by atoms with Gasteiger partial charge >= 0.3 is 5.97 Å². The fourth-order valence-corrected chi connectivity index (χ4v) is 1.87. The maximum absolute atomic E-state index is 10.9. The topological polar surface area (TPSA) is 47.6 Å². The third kappa shape index (κ3) is 3.64. The van der Waals surface area contributed by atoms with Gasteiger partial charge in [0.25, 0.3) is 0 Å². The first-order valence-electron chi connectivity index (χ1n) is 5.07. The Morgan fingerprint density at radius 1 is 1.43 bits per heavy atom. The maximum atomic E-state index is 10.9. The van der Waals surface area contributed by atoms with Gasteiger partial charge in [-0.1, -0.05) is 0 Å². The first-order valence-corrected chi connectivity index (χ1v) is 5.07. The third-order valence-corrected chi connectivity index (χ3v) is 2.46. The van der Waals surface area contributed by atoms with Crippen LogP contribution in [0.1, 0.15) is 26.7 Å². The molecule has 0 radical (unpaired) electrons. The molecule has 0 bridgehead atoms. The monoisotopic (exact) mass is 201 g/mol. The van der Waals surface area contributed by atoms with E-state index in [1.165, 1.54) is 7.11 Å². The van der Waals surface area contributed by atoms with Crippen molar-refractivity contribution < 1.29 is 14.3 Å². The smallest absolute Gasteiger partial charge is 0.319 e. The fraction of sp³-hybridized carbons (Fsp3) is 0.900. The molecule has 14 heavy (non-hydrogen) atoms. The van der Waals surface area contributed by atoms with Crippen LogP contribution in [0.15, 0.2) is 0 Å². The van der Waals surface area contributed by atoms with Gasteiger partial charge in [-0.05, 0) is 26.7 Å². The highest BCUT2D eigenvalue weighted by atomic mass is 16.5. The van der Waals surface area contributed by atoms with E-state index >= 15 is 0 Å². The van der Waals surface area contributed by atoms with Gasteiger partial charge in [0.1, 0.15) is 0 Å². The molecule has 0 aliphatic carbocycles. The van der Waals surface area contributed by atoms with Crippen LogP contribution in [0.4, 0.5) is 0 Å². The number of methoxy groups -OCH3 is 1. The molecule has 0 amide bonds. The molecule has 1 aliphatic heterocycles. The Labute approximate surface area is 85.0 Å². The Kier molecular flexibility index (Phi) is 4.35. The summed E-state index contributed by atoms with van der Waals surface area (Å²) >= 11 is 0. The van der Waals surface area contributed by atoms with Gasteiger partial charge in [-0.3, -0.25) is 4.79 Å². The second-order valence-corrected chi connectivity index (χ2v) is 3.88. The first-order chi connectivity index (χ1) is 6.61. The molecule has 1 N–H and O–H groups in total. The van der Waals surface area contributed by atoms with Gasteiger partial charge in [0.15, 0.2) is 0 Å². The van der Waals surface area contributed by atoms with Crippen LogP contribution in [0.5, 0.6) is 0 Å². The van der Waals surface area contributed by atoms with Crippen LogP contribution in [-0.4, -0.2) is 37.9 Å². The summed E-state index contributed by atoms with van der Waals surface area (Å²) in [5.41, 5.74) is 0. The number of carbonyl (C=O) groups excluding carboxylic acids is 1. The van der Waals surface area contributed by atoms with E-state index < -0.39 is 0 Å². The summed E-state index contributed by atoms with van der Waals surface area (Å²) in [5, 5.41) is 3.18. The molecule has 1 saturated heterocycles. The highest BCUT2D eigenvalue weighted by molar-refractivity contribution is 5.71. The normalized spacial score (nSPS) is 32.6. The van der Waals surface area contributed by atoms with Crippen molar-refractivity contribution in [3.63, 3.8) is 0 Å². The molecule has 2 atom stereocenters. The summed E-state index contributed by atoms with van der Waals surface area (Å²) in [4.78, 5) is 10.9. The summed E-state index contributed by atoms with van der Waals surface area (Å²) in [6.45, 7) is 4.41. The lowest BCUT2D eigenvalue weighted by atomic mass is 10.00. The first kappa shape index (κ1) is 11.5. The van der Waals surface area contributed by atoms with E-state index in [1.807, 2.05) is 0 Å². The molecule has 0 aromatic heterocycles. The van der Waals surface area contributed by atoms with Gasteiger partial charge in [0, 0.05) is 6.04 Å². The Bertz CT molecular complexity index is 186. The number of hydrogen-bond donors (Lipinski definition) is 1.